The van der Waals surface area contributed by atoms with Crippen molar-refractivity contribution in [1.82, 2.24) is 20.4 Å². The number of carbonyl (C=O) groups is 3. The number of anilines is 1. The minimum atomic E-state index is -0.609. The number of rotatable bonds is 6. The van der Waals surface area contributed by atoms with Crippen molar-refractivity contribution in [3.63, 3.8) is 0 Å². The maximum atomic E-state index is 12.9. The summed E-state index contributed by atoms with van der Waals surface area (Å²) in [6, 6.07) is 8.18. The molecule has 204 valence electrons. The quantitative estimate of drug-likeness (QED) is 0.584. The minimum absolute atomic E-state index is 0.0959. The summed E-state index contributed by atoms with van der Waals surface area (Å²) in [6.45, 7) is 11.2. The van der Waals surface area contributed by atoms with Gasteiger partial charge in [0.15, 0.2) is 0 Å². The summed E-state index contributed by atoms with van der Waals surface area (Å²) < 4.78 is 5.19. The number of nitrogens with one attached hydrogen (secondary N) is 2. The molecule has 37 heavy (non-hydrogen) atoms. The number of piperidine rings is 1. The third-order valence-electron chi connectivity index (χ3n) is 7.65. The molecular weight excluding hydrogens is 494 g/mol. The molecule has 3 saturated heterocycles. The molecule has 3 heterocycles. The van der Waals surface area contributed by atoms with E-state index < -0.39 is 11.7 Å². The van der Waals surface area contributed by atoms with Crippen LogP contribution in [-0.4, -0.2) is 91.7 Å². The zero-order chi connectivity index (χ0) is 26.6. The van der Waals surface area contributed by atoms with Gasteiger partial charge in [0.05, 0.1) is 5.41 Å². The van der Waals surface area contributed by atoms with Crippen molar-refractivity contribution in [2.24, 2.45) is 5.41 Å². The SMILES string of the molecule is CC(C)(C)OC(=O)NCC(=O)N1CCC2(CC1)CC(CCN1CCN(c3cccc(Cl)c3)CC1)NC2=O. The fourth-order valence-corrected chi connectivity index (χ4v) is 5.74. The fourth-order valence-electron chi connectivity index (χ4n) is 5.56. The Morgan fingerprint density at radius 3 is 2.49 bits per heavy atom. The van der Waals surface area contributed by atoms with Crippen LogP contribution in [0.15, 0.2) is 24.3 Å². The lowest BCUT2D eigenvalue weighted by Crippen LogP contribution is -2.49. The number of carbonyl (C=O) groups excluding carboxylic acids is 3. The van der Waals surface area contributed by atoms with Crippen molar-refractivity contribution in [3.8, 4) is 0 Å². The number of hydrogen-bond donors (Lipinski definition) is 2. The Balaban J connectivity index is 1.17. The zero-order valence-electron chi connectivity index (χ0n) is 22.2. The van der Waals surface area contributed by atoms with E-state index in [-0.39, 0.29) is 29.8 Å². The first-order chi connectivity index (χ1) is 17.5. The monoisotopic (exact) mass is 533 g/mol. The Hall–Kier alpha value is -2.52. The molecule has 0 aliphatic carbocycles. The minimum Gasteiger partial charge on any atom is -0.444 e. The van der Waals surface area contributed by atoms with Gasteiger partial charge in [-0.15, -0.1) is 0 Å². The van der Waals surface area contributed by atoms with Crippen LogP contribution < -0.4 is 15.5 Å². The first-order valence-electron chi connectivity index (χ1n) is 13.3. The lowest BCUT2D eigenvalue weighted by molar-refractivity contribution is -0.137. The molecule has 1 aromatic rings. The molecule has 10 heteroatoms. The summed E-state index contributed by atoms with van der Waals surface area (Å²) in [5.74, 6) is -0.0187. The number of alkyl carbamates (subject to hydrolysis) is 1. The molecule has 0 bridgehead atoms. The summed E-state index contributed by atoms with van der Waals surface area (Å²) in [5, 5.41) is 6.53. The van der Waals surface area contributed by atoms with Gasteiger partial charge in [0.2, 0.25) is 11.8 Å². The molecule has 1 spiro atoms. The van der Waals surface area contributed by atoms with E-state index >= 15 is 0 Å². The lowest BCUT2D eigenvalue weighted by Gasteiger charge is -2.38. The Kier molecular flexibility index (Phi) is 8.53. The second-order valence-corrected chi connectivity index (χ2v) is 11.9. The van der Waals surface area contributed by atoms with Crippen molar-refractivity contribution in [2.75, 3.05) is 57.3 Å². The molecule has 4 rings (SSSR count). The van der Waals surface area contributed by atoms with Crippen LogP contribution in [0.25, 0.3) is 0 Å². The standard InChI is InChI=1S/C27H40ClN5O4/c1-26(2,3)37-25(36)29-19-23(34)33-11-8-27(9-12-33)18-21(30-24(27)35)7-10-31-13-15-32(16-14-31)22-6-4-5-20(28)17-22/h4-6,17,21H,7-16,18-19H2,1-3H3,(H,29,36)(H,30,35). The number of hydrogen-bond acceptors (Lipinski definition) is 6. The predicted octanol–water partition coefficient (Wildman–Crippen LogP) is 2.87. The average molecular weight is 534 g/mol. The Morgan fingerprint density at radius 1 is 1.14 bits per heavy atom. The maximum Gasteiger partial charge on any atom is 0.408 e. The van der Waals surface area contributed by atoms with Crippen LogP contribution >= 0.6 is 11.6 Å². The number of piperazine rings is 1. The molecule has 3 amide bonds. The van der Waals surface area contributed by atoms with E-state index in [1.807, 2.05) is 18.2 Å². The highest BCUT2D eigenvalue weighted by atomic mass is 35.5. The van der Waals surface area contributed by atoms with Crippen LogP contribution in [-0.2, 0) is 14.3 Å². The highest BCUT2D eigenvalue weighted by molar-refractivity contribution is 6.30. The normalized spacial score (nSPS) is 22.2. The van der Waals surface area contributed by atoms with Crippen molar-refractivity contribution < 1.29 is 19.1 Å². The van der Waals surface area contributed by atoms with Gasteiger partial charge >= 0.3 is 6.09 Å². The van der Waals surface area contributed by atoms with E-state index in [1.165, 1.54) is 5.69 Å². The molecule has 3 fully saturated rings. The average Bonchev–Trinajstić information content (AvgIpc) is 3.15. The smallest absolute Gasteiger partial charge is 0.408 e. The zero-order valence-corrected chi connectivity index (χ0v) is 23.0. The molecule has 3 aliphatic rings. The molecular formula is C27H40ClN5O4. The van der Waals surface area contributed by atoms with Gasteiger partial charge in [0.25, 0.3) is 0 Å². The number of amides is 3. The van der Waals surface area contributed by atoms with E-state index in [2.05, 4.69) is 26.5 Å². The molecule has 3 aliphatic heterocycles. The van der Waals surface area contributed by atoms with E-state index in [4.69, 9.17) is 16.3 Å². The van der Waals surface area contributed by atoms with Gasteiger partial charge in [0.1, 0.15) is 12.1 Å². The molecule has 9 nitrogen and oxygen atoms in total. The Bertz CT molecular complexity index is 981. The summed E-state index contributed by atoms with van der Waals surface area (Å²) in [7, 11) is 0. The van der Waals surface area contributed by atoms with Gasteiger partial charge < -0.3 is 25.2 Å². The van der Waals surface area contributed by atoms with Crippen molar-refractivity contribution in [3.05, 3.63) is 29.3 Å². The van der Waals surface area contributed by atoms with Crippen LogP contribution in [0.3, 0.4) is 0 Å². The molecule has 2 N–H and O–H groups in total. The van der Waals surface area contributed by atoms with Crippen LogP contribution in [0.5, 0.6) is 0 Å². The van der Waals surface area contributed by atoms with Gasteiger partial charge in [0, 0.05) is 62.6 Å². The largest absolute Gasteiger partial charge is 0.444 e. The van der Waals surface area contributed by atoms with E-state index in [1.54, 1.807) is 25.7 Å². The van der Waals surface area contributed by atoms with E-state index in [0.717, 1.165) is 50.6 Å². The highest BCUT2D eigenvalue weighted by Gasteiger charge is 2.48. The van der Waals surface area contributed by atoms with Gasteiger partial charge in [-0.1, -0.05) is 17.7 Å². The topological polar surface area (TPSA) is 94.2 Å². The van der Waals surface area contributed by atoms with Crippen molar-refractivity contribution in [2.45, 2.75) is 58.1 Å². The Morgan fingerprint density at radius 2 is 1.84 bits per heavy atom. The van der Waals surface area contributed by atoms with Crippen molar-refractivity contribution in [1.29, 1.82) is 0 Å². The molecule has 0 saturated carbocycles. The number of likely N-dealkylation sites (tertiary alicyclic amines) is 1. The summed E-state index contributed by atoms with van der Waals surface area (Å²) >= 11 is 6.15. The maximum absolute atomic E-state index is 12.9. The molecule has 0 radical (unpaired) electrons. The third kappa shape index (κ3) is 7.29. The summed E-state index contributed by atoms with van der Waals surface area (Å²) in [6.07, 6.45) is 2.48. The molecule has 1 unspecified atom stereocenters. The van der Waals surface area contributed by atoms with Crippen LogP contribution in [0.1, 0.15) is 46.5 Å². The van der Waals surface area contributed by atoms with Crippen molar-refractivity contribution >= 4 is 35.2 Å². The molecule has 0 aromatic heterocycles. The van der Waals surface area contributed by atoms with Crippen LogP contribution in [0, 0.1) is 5.41 Å². The Labute approximate surface area is 224 Å². The summed E-state index contributed by atoms with van der Waals surface area (Å²) in [4.78, 5) is 43.9. The lowest BCUT2D eigenvalue weighted by atomic mass is 9.75. The van der Waals surface area contributed by atoms with Crippen LogP contribution in [0.4, 0.5) is 10.5 Å². The number of benzene rings is 1. The van der Waals surface area contributed by atoms with Gasteiger partial charge in [-0.2, -0.15) is 0 Å². The molecule has 1 atom stereocenters. The van der Waals surface area contributed by atoms with Gasteiger partial charge in [-0.25, -0.2) is 4.79 Å². The second-order valence-electron chi connectivity index (χ2n) is 11.5. The third-order valence-corrected chi connectivity index (χ3v) is 7.88. The van der Waals surface area contributed by atoms with Gasteiger partial charge in [-0.3, -0.25) is 14.5 Å². The van der Waals surface area contributed by atoms with Gasteiger partial charge in [-0.05, 0) is 64.7 Å². The molecule has 1 aromatic carbocycles. The number of ether oxygens (including phenoxy) is 1. The fraction of sp³-hybridized carbons (Fsp3) is 0.667. The highest BCUT2D eigenvalue weighted by Crippen LogP contribution is 2.41. The number of halogens is 1. The number of nitrogens with zero attached hydrogens (tertiary/aromatic N) is 3. The first-order valence-corrected chi connectivity index (χ1v) is 13.7. The summed E-state index contributed by atoms with van der Waals surface area (Å²) in [5.41, 5.74) is 0.177. The van der Waals surface area contributed by atoms with Crippen LogP contribution in [0.2, 0.25) is 5.02 Å². The first kappa shape index (κ1) is 27.5. The second kappa shape index (κ2) is 11.5. The van der Waals surface area contributed by atoms with E-state index in [0.29, 0.717) is 25.9 Å². The predicted molar refractivity (Wildman–Crippen MR) is 144 cm³/mol. The van der Waals surface area contributed by atoms with E-state index in [9.17, 15) is 14.4 Å².